The number of nitrogens with zero attached hydrogens (tertiary/aromatic N) is 3. The SMILES string of the molecule is CSc1cccc2sc(N(C[C@@H]3CCCO3)C(=O)c3ccc(C#N)cc3)nc12. The standard InChI is InChI=1S/C21H19N3O2S2/c1-27-17-5-2-6-18-19(17)23-21(28-18)24(13-16-4-3-11-26-16)20(25)15-9-7-14(12-22)8-10-15/h2,5-10,16H,3-4,11,13H2,1H3/t16-/m0/s1. The van der Waals surface area contributed by atoms with Gasteiger partial charge in [0.05, 0.1) is 34.5 Å². The smallest absolute Gasteiger partial charge is 0.260 e. The highest BCUT2D eigenvalue weighted by atomic mass is 32.2. The normalized spacial score (nSPS) is 16.2. The van der Waals surface area contributed by atoms with E-state index < -0.39 is 0 Å². The zero-order chi connectivity index (χ0) is 19.5. The Balaban J connectivity index is 1.72. The summed E-state index contributed by atoms with van der Waals surface area (Å²) in [5.41, 5.74) is 2.01. The lowest BCUT2D eigenvalue weighted by molar-refractivity contribution is 0.0917. The highest BCUT2D eigenvalue weighted by Gasteiger charge is 2.27. The van der Waals surface area contributed by atoms with Crippen LogP contribution >= 0.6 is 23.1 Å². The van der Waals surface area contributed by atoms with Gasteiger partial charge in [-0.2, -0.15) is 5.26 Å². The van der Waals surface area contributed by atoms with E-state index in [0.29, 0.717) is 22.8 Å². The molecule has 4 rings (SSSR count). The van der Waals surface area contributed by atoms with Crippen LogP contribution in [-0.4, -0.2) is 36.4 Å². The number of carbonyl (C=O) groups is 1. The second-order valence-corrected chi connectivity index (χ2v) is 8.40. The number of nitriles is 1. The number of fused-ring (bicyclic) bond motifs is 1. The Kier molecular flexibility index (Phi) is 5.62. The van der Waals surface area contributed by atoms with E-state index in [1.54, 1.807) is 40.9 Å². The largest absolute Gasteiger partial charge is 0.376 e. The number of rotatable bonds is 5. The minimum absolute atomic E-state index is 0.0226. The van der Waals surface area contributed by atoms with E-state index in [2.05, 4.69) is 6.07 Å². The average Bonchev–Trinajstić information content (AvgIpc) is 3.40. The maximum Gasteiger partial charge on any atom is 0.260 e. The summed E-state index contributed by atoms with van der Waals surface area (Å²) in [6, 6.07) is 14.9. The fourth-order valence-corrected chi connectivity index (χ4v) is 4.90. The first-order valence-corrected chi connectivity index (χ1v) is 11.1. The summed E-state index contributed by atoms with van der Waals surface area (Å²) in [4.78, 5) is 20.9. The summed E-state index contributed by atoms with van der Waals surface area (Å²) >= 11 is 3.17. The minimum Gasteiger partial charge on any atom is -0.376 e. The highest BCUT2D eigenvalue weighted by molar-refractivity contribution is 7.98. The number of carbonyl (C=O) groups excluding carboxylic acids is 1. The Morgan fingerprint density at radius 3 is 2.86 bits per heavy atom. The van der Waals surface area contributed by atoms with Gasteiger partial charge in [-0.1, -0.05) is 17.4 Å². The van der Waals surface area contributed by atoms with Crippen molar-refractivity contribution in [3.63, 3.8) is 0 Å². The van der Waals surface area contributed by atoms with Gasteiger partial charge >= 0.3 is 0 Å². The number of amides is 1. The molecule has 2 aromatic carbocycles. The first-order chi connectivity index (χ1) is 13.7. The summed E-state index contributed by atoms with van der Waals surface area (Å²) < 4.78 is 6.84. The minimum atomic E-state index is -0.121. The van der Waals surface area contributed by atoms with Gasteiger partial charge in [0.1, 0.15) is 0 Å². The molecule has 0 bridgehead atoms. The van der Waals surface area contributed by atoms with Crippen LogP contribution in [-0.2, 0) is 4.74 Å². The van der Waals surface area contributed by atoms with Crippen molar-refractivity contribution in [3.05, 3.63) is 53.6 Å². The van der Waals surface area contributed by atoms with Crippen molar-refractivity contribution in [2.75, 3.05) is 24.3 Å². The van der Waals surface area contributed by atoms with E-state index in [-0.39, 0.29) is 12.0 Å². The van der Waals surface area contributed by atoms with Crippen molar-refractivity contribution >= 4 is 44.4 Å². The number of ether oxygens (including phenoxy) is 1. The fourth-order valence-electron chi connectivity index (χ4n) is 3.27. The highest BCUT2D eigenvalue weighted by Crippen LogP contribution is 2.35. The number of thioether (sulfide) groups is 1. The van der Waals surface area contributed by atoms with E-state index >= 15 is 0 Å². The molecule has 1 aromatic heterocycles. The van der Waals surface area contributed by atoms with Gasteiger partial charge in [0.15, 0.2) is 5.13 Å². The molecule has 0 saturated carbocycles. The molecule has 0 radical (unpaired) electrons. The summed E-state index contributed by atoms with van der Waals surface area (Å²) in [6.45, 7) is 1.22. The molecular formula is C21H19N3O2S2. The maximum absolute atomic E-state index is 13.3. The molecule has 142 valence electrons. The van der Waals surface area contributed by atoms with E-state index in [1.165, 1.54) is 11.3 Å². The summed E-state index contributed by atoms with van der Waals surface area (Å²) in [5, 5.41) is 9.68. The Labute approximate surface area is 171 Å². The van der Waals surface area contributed by atoms with Crippen molar-refractivity contribution in [2.45, 2.75) is 23.8 Å². The Bertz CT molecular complexity index is 1030. The molecule has 1 fully saturated rings. The number of anilines is 1. The van der Waals surface area contributed by atoms with Crippen molar-refractivity contribution in [1.82, 2.24) is 4.98 Å². The van der Waals surface area contributed by atoms with Gasteiger partial charge < -0.3 is 4.74 Å². The zero-order valence-corrected chi connectivity index (χ0v) is 17.1. The second kappa shape index (κ2) is 8.31. The maximum atomic E-state index is 13.3. The van der Waals surface area contributed by atoms with Crippen LogP contribution in [0.4, 0.5) is 5.13 Å². The predicted molar refractivity (Wildman–Crippen MR) is 113 cm³/mol. The zero-order valence-electron chi connectivity index (χ0n) is 15.4. The summed E-state index contributed by atoms with van der Waals surface area (Å²) in [5.74, 6) is -0.121. The number of thiazole rings is 1. The lowest BCUT2D eigenvalue weighted by Gasteiger charge is -2.23. The Morgan fingerprint density at radius 2 is 2.18 bits per heavy atom. The molecule has 5 nitrogen and oxygen atoms in total. The quantitative estimate of drug-likeness (QED) is 0.571. The third-order valence-electron chi connectivity index (χ3n) is 4.74. The van der Waals surface area contributed by atoms with E-state index in [9.17, 15) is 4.79 Å². The van der Waals surface area contributed by atoms with Gasteiger partial charge in [0, 0.05) is 17.1 Å². The van der Waals surface area contributed by atoms with Crippen molar-refractivity contribution in [3.8, 4) is 6.07 Å². The molecule has 7 heteroatoms. The lowest BCUT2D eigenvalue weighted by Crippen LogP contribution is -2.37. The molecular weight excluding hydrogens is 390 g/mol. The molecule has 0 N–H and O–H groups in total. The Morgan fingerprint density at radius 1 is 1.36 bits per heavy atom. The molecule has 1 aliphatic heterocycles. The van der Waals surface area contributed by atoms with Crippen LogP contribution in [0.5, 0.6) is 0 Å². The van der Waals surface area contributed by atoms with Crippen molar-refractivity contribution in [1.29, 1.82) is 5.26 Å². The van der Waals surface area contributed by atoms with Crippen molar-refractivity contribution in [2.24, 2.45) is 0 Å². The molecule has 1 aliphatic rings. The summed E-state index contributed by atoms with van der Waals surface area (Å²) in [6.07, 6.45) is 4.01. The summed E-state index contributed by atoms with van der Waals surface area (Å²) in [7, 11) is 0. The number of aromatic nitrogens is 1. The van der Waals surface area contributed by atoms with Crippen LogP contribution in [0.1, 0.15) is 28.8 Å². The van der Waals surface area contributed by atoms with E-state index in [1.807, 2.05) is 24.5 Å². The Hall–Kier alpha value is -2.40. The predicted octanol–water partition coefficient (Wildman–Crippen LogP) is 4.72. The number of benzene rings is 2. The van der Waals surface area contributed by atoms with Gasteiger partial charge in [-0.3, -0.25) is 9.69 Å². The number of para-hydroxylation sites is 1. The third-order valence-corrected chi connectivity index (χ3v) is 6.55. The van der Waals surface area contributed by atoms with Gasteiger partial charge in [-0.15, -0.1) is 11.8 Å². The molecule has 1 atom stereocenters. The van der Waals surface area contributed by atoms with Crippen LogP contribution in [0.25, 0.3) is 10.2 Å². The second-order valence-electron chi connectivity index (χ2n) is 6.54. The molecule has 1 amide bonds. The van der Waals surface area contributed by atoms with Crippen LogP contribution in [0, 0.1) is 11.3 Å². The topological polar surface area (TPSA) is 66.2 Å². The van der Waals surface area contributed by atoms with Gasteiger partial charge in [-0.05, 0) is 55.5 Å². The molecule has 0 spiro atoms. The van der Waals surface area contributed by atoms with Crippen LogP contribution in [0.2, 0.25) is 0 Å². The van der Waals surface area contributed by atoms with Crippen LogP contribution in [0.3, 0.4) is 0 Å². The lowest BCUT2D eigenvalue weighted by atomic mass is 10.1. The molecule has 0 aliphatic carbocycles. The van der Waals surface area contributed by atoms with Gasteiger partial charge in [0.25, 0.3) is 5.91 Å². The van der Waals surface area contributed by atoms with Crippen LogP contribution < -0.4 is 4.90 Å². The molecule has 0 unspecified atom stereocenters. The molecule has 1 saturated heterocycles. The third kappa shape index (κ3) is 3.76. The van der Waals surface area contributed by atoms with Gasteiger partial charge in [0.2, 0.25) is 0 Å². The first-order valence-electron chi connectivity index (χ1n) is 9.07. The molecule has 28 heavy (non-hydrogen) atoms. The molecule has 2 heterocycles. The number of hydrogen-bond acceptors (Lipinski definition) is 6. The number of hydrogen-bond donors (Lipinski definition) is 0. The van der Waals surface area contributed by atoms with Gasteiger partial charge in [-0.25, -0.2) is 4.98 Å². The fraction of sp³-hybridized carbons (Fsp3) is 0.286. The molecule has 3 aromatic rings. The average molecular weight is 410 g/mol. The van der Waals surface area contributed by atoms with Crippen molar-refractivity contribution < 1.29 is 9.53 Å². The van der Waals surface area contributed by atoms with E-state index in [4.69, 9.17) is 15.0 Å². The monoisotopic (exact) mass is 409 g/mol. The van der Waals surface area contributed by atoms with Crippen LogP contribution in [0.15, 0.2) is 47.4 Å². The first kappa shape index (κ1) is 18.9. The van der Waals surface area contributed by atoms with E-state index in [0.717, 1.165) is 34.6 Å².